The van der Waals surface area contributed by atoms with Gasteiger partial charge in [-0.2, -0.15) is 0 Å². The lowest BCUT2D eigenvalue weighted by Crippen LogP contribution is -2.38. The first-order valence-corrected chi connectivity index (χ1v) is 7.15. The first-order chi connectivity index (χ1) is 10.4. The Balaban J connectivity index is 2.30. The molecule has 0 fully saturated rings. The highest BCUT2D eigenvalue weighted by atomic mass is 16.5. The SMILES string of the molecule is COc1ccc(C(=O)NCC(C)(C)O)cc1-c1ccccc1. The molecule has 2 N–H and O–H groups in total. The number of carbonyl (C=O) groups excluding carboxylic acids is 1. The van der Waals surface area contributed by atoms with Crippen molar-refractivity contribution in [1.82, 2.24) is 5.32 Å². The van der Waals surface area contributed by atoms with E-state index in [1.54, 1.807) is 39.2 Å². The van der Waals surface area contributed by atoms with Crippen LogP contribution in [0.25, 0.3) is 11.1 Å². The minimum atomic E-state index is -0.940. The van der Waals surface area contributed by atoms with E-state index >= 15 is 0 Å². The van der Waals surface area contributed by atoms with E-state index in [4.69, 9.17) is 4.74 Å². The smallest absolute Gasteiger partial charge is 0.251 e. The minimum absolute atomic E-state index is 0.193. The molecule has 4 nitrogen and oxygen atoms in total. The van der Waals surface area contributed by atoms with Crippen LogP contribution in [0.15, 0.2) is 48.5 Å². The summed E-state index contributed by atoms with van der Waals surface area (Å²) < 4.78 is 5.38. The quantitative estimate of drug-likeness (QED) is 0.892. The van der Waals surface area contributed by atoms with Crippen LogP contribution in [0.3, 0.4) is 0 Å². The summed E-state index contributed by atoms with van der Waals surface area (Å²) in [6.07, 6.45) is 0. The Morgan fingerprint density at radius 2 is 1.86 bits per heavy atom. The molecule has 0 aliphatic carbocycles. The van der Waals surface area contributed by atoms with Crippen LogP contribution in [0, 0.1) is 0 Å². The number of hydrogen-bond acceptors (Lipinski definition) is 3. The maximum absolute atomic E-state index is 12.2. The molecule has 0 saturated carbocycles. The van der Waals surface area contributed by atoms with Crippen LogP contribution in [0.4, 0.5) is 0 Å². The molecule has 2 aromatic rings. The third-order valence-corrected chi connectivity index (χ3v) is 3.23. The van der Waals surface area contributed by atoms with Gasteiger partial charge in [0.2, 0.25) is 0 Å². The van der Waals surface area contributed by atoms with Crippen molar-refractivity contribution in [2.75, 3.05) is 13.7 Å². The van der Waals surface area contributed by atoms with Crippen molar-refractivity contribution in [2.45, 2.75) is 19.4 Å². The number of rotatable bonds is 5. The number of carbonyl (C=O) groups is 1. The van der Waals surface area contributed by atoms with Gasteiger partial charge in [-0.25, -0.2) is 0 Å². The van der Waals surface area contributed by atoms with Gasteiger partial charge in [-0.3, -0.25) is 4.79 Å². The lowest BCUT2D eigenvalue weighted by molar-refractivity contribution is 0.0694. The van der Waals surface area contributed by atoms with E-state index in [0.717, 1.165) is 11.1 Å². The zero-order valence-electron chi connectivity index (χ0n) is 13.1. The lowest BCUT2D eigenvalue weighted by atomic mass is 10.0. The third kappa shape index (κ3) is 4.09. The van der Waals surface area contributed by atoms with Crippen LogP contribution in [0.5, 0.6) is 5.75 Å². The summed E-state index contributed by atoms with van der Waals surface area (Å²) in [4.78, 5) is 12.2. The second-order valence-corrected chi connectivity index (χ2v) is 5.78. The Kier molecular flexibility index (Phi) is 4.83. The molecule has 0 atom stereocenters. The van der Waals surface area contributed by atoms with Gasteiger partial charge in [0.1, 0.15) is 5.75 Å². The minimum Gasteiger partial charge on any atom is -0.496 e. The van der Waals surface area contributed by atoms with Crippen LogP contribution >= 0.6 is 0 Å². The molecule has 22 heavy (non-hydrogen) atoms. The Bertz CT molecular complexity index is 645. The number of hydrogen-bond donors (Lipinski definition) is 2. The van der Waals surface area contributed by atoms with Crippen molar-refractivity contribution in [2.24, 2.45) is 0 Å². The normalized spacial score (nSPS) is 11.1. The van der Waals surface area contributed by atoms with Gasteiger partial charge in [0, 0.05) is 17.7 Å². The molecular formula is C18H21NO3. The number of amides is 1. The highest BCUT2D eigenvalue weighted by Crippen LogP contribution is 2.30. The summed E-state index contributed by atoms with van der Waals surface area (Å²) >= 11 is 0. The summed E-state index contributed by atoms with van der Waals surface area (Å²) in [6, 6.07) is 15.0. The van der Waals surface area contributed by atoms with Crippen LogP contribution in [0.2, 0.25) is 0 Å². The summed E-state index contributed by atoms with van der Waals surface area (Å²) in [5, 5.41) is 12.4. The van der Waals surface area contributed by atoms with Gasteiger partial charge >= 0.3 is 0 Å². The summed E-state index contributed by atoms with van der Waals surface area (Å²) in [5.74, 6) is 0.493. The van der Waals surface area contributed by atoms with E-state index < -0.39 is 5.60 Å². The second-order valence-electron chi connectivity index (χ2n) is 5.78. The zero-order chi connectivity index (χ0) is 16.2. The average molecular weight is 299 g/mol. The van der Waals surface area contributed by atoms with Gasteiger partial charge in [0.25, 0.3) is 5.91 Å². The van der Waals surface area contributed by atoms with Gasteiger partial charge in [0.15, 0.2) is 0 Å². The standard InChI is InChI=1S/C18H21NO3/c1-18(2,21)12-19-17(20)14-9-10-16(22-3)15(11-14)13-7-5-4-6-8-13/h4-11,21H,12H2,1-3H3,(H,19,20). The summed E-state index contributed by atoms with van der Waals surface area (Å²) in [6.45, 7) is 3.49. The highest BCUT2D eigenvalue weighted by molar-refractivity contribution is 5.96. The number of aliphatic hydroxyl groups is 1. The van der Waals surface area contributed by atoms with Gasteiger partial charge in [-0.1, -0.05) is 30.3 Å². The zero-order valence-corrected chi connectivity index (χ0v) is 13.1. The van der Waals surface area contributed by atoms with Crippen LogP contribution in [-0.4, -0.2) is 30.3 Å². The van der Waals surface area contributed by atoms with E-state index in [1.165, 1.54) is 0 Å². The third-order valence-electron chi connectivity index (χ3n) is 3.23. The van der Waals surface area contributed by atoms with E-state index in [0.29, 0.717) is 11.3 Å². The van der Waals surface area contributed by atoms with Crippen LogP contribution < -0.4 is 10.1 Å². The molecule has 2 aromatic carbocycles. The van der Waals surface area contributed by atoms with Crippen molar-refractivity contribution in [1.29, 1.82) is 0 Å². The monoisotopic (exact) mass is 299 g/mol. The molecule has 0 spiro atoms. The van der Waals surface area contributed by atoms with E-state index in [2.05, 4.69) is 5.32 Å². The Morgan fingerprint density at radius 3 is 2.45 bits per heavy atom. The Labute approximate surface area is 130 Å². The number of nitrogens with one attached hydrogen (secondary N) is 1. The molecule has 0 bridgehead atoms. The lowest BCUT2D eigenvalue weighted by Gasteiger charge is -2.18. The molecule has 0 saturated heterocycles. The number of methoxy groups -OCH3 is 1. The van der Waals surface area contributed by atoms with Gasteiger partial charge < -0.3 is 15.2 Å². The summed E-state index contributed by atoms with van der Waals surface area (Å²) in [7, 11) is 1.61. The maximum Gasteiger partial charge on any atom is 0.251 e. The van der Waals surface area contributed by atoms with Crippen molar-refractivity contribution in [3.05, 3.63) is 54.1 Å². The fourth-order valence-electron chi connectivity index (χ4n) is 2.09. The Hall–Kier alpha value is -2.33. The molecule has 0 radical (unpaired) electrons. The average Bonchev–Trinajstić information content (AvgIpc) is 2.52. The molecule has 0 aliphatic rings. The molecule has 0 heterocycles. The largest absolute Gasteiger partial charge is 0.496 e. The van der Waals surface area contributed by atoms with Gasteiger partial charge in [-0.15, -0.1) is 0 Å². The number of ether oxygens (including phenoxy) is 1. The fraction of sp³-hybridized carbons (Fsp3) is 0.278. The van der Waals surface area contributed by atoms with Crippen molar-refractivity contribution >= 4 is 5.91 Å². The molecule has 4 heteroatoms. The highest BCUT2D eigenvalue weighted by Gasteiger charge is 2.16. The second kappa shape index (κ2) is 6.62. The van der Waals surface area contributed by atoms with Crippen molar-refractivity contribution < 1.29 is 14.6 Å². The molecule has 116 valence electrons. The molecule has 1 amide bonds. The van der Waals surface area contributed by atoms with Crippen LogP contribution in [0.1, 0.15) is 24.2 Å². The molecule has 0 aliphatic heterocycles. The Morgan fingerprint density at radius 1 is 1.18 bits per heavy atom. The van der Waals surface area contributed by atoms with Crippen molar-refractivity contribution in [3.63, 3.8) is 0 Å². The maximum atomic E-state index is 12.2. The topological polar surface area (TPSA) is 58.6 Å². The van der Waals surface area contributed by atoms with E-state index in [-0.39, 0.29) is 12.5 Å². The van der Waals surface area contributed by atoms with Gasteiger partial charge in [0.05, 0.1) is 12.7 Å². The van der Waals surface area contributed by atoms with Gasteiger partial charge in [-0.05, 0) is 37.6 Å². The molecular weight excluding hydrogens is 278 g/mol. The molecule has 0 aromatic heterocycles. The van der Waals surface area contributed by atoms with E-state index in [9.17, 15) is 9.90 Å². The fourth-order valence-corrected chi connectivity index (χ4v) is 2.09. The molecule has 2 rings (SSSR count). The first kappa shape index (κ1) is 16.0. The predicted molar refractivity (Wildman–Crippen MR) is 87.1 cm³/mol. The predicted octanol–water partition coefficient (Wildman–Crippen LogP) is 2.86. The van der Waals surface area contributed by atoms with Crippen molar-refractivity contribution in [3.8, 4) is 16.9 Å². The first-order valence-electron chi connectivity index (χ1n) is 7.15. The van der Waals surface area contributed by atoms with E-state index in [1.807, 2.05) is 30.3 Å². The number of benzene rings is 2. The van der Waals surface area contributed by atoms with Crippen LogP contribution in [-0.2, 0) is 0 Å². The molecule has 0 unspecified atom stereocenters. The summed E-state index contributed by atoms with van der Waals surface area (Å²) in [5.41, 5.74) is 1.43.